The van der Waals surface area contributed by atoms with Crippen LogP contribution in [0.1, 0.15) is 28.9 Å². The van der Waals surface area contributed by atoms with Crippen molar-refractivity contribution in [3.63, 3.8) is 0 Å². The molecule has 32 heavy (non-hydrogen) atoms. The third-order valence-electron chi connectivity index (χ3n) is 5.29. The fourth-order valence-electron chi connectivity index (χ4n) is 3.60. The minimum Gasteiger partial charge on any atom is -0.494 e. The average molecular weight is 430 g/mol. The summed E-state index contributed by atoms with van der Waals surface area (Å²) in [5.74, 6) is 0.334. The summed E-state index contributed by atoms with van der Waals surface area (Å²) in [4.78, 5) is 15.4. The summed E-state index contributed by atoms with van der Waals surface area (Å²) in [6.07, 6.45) is 4.87. The van der Waals surface area contributed by atoms with Crippen LogP contribution < -0.4 is 10.5 Å². The molecule has 164 valence electrons. The monoisotopic (exact) mass is 429 g/mol. The van der Waals surface area contributed by atoms with Crippen LogP contribution in [0.2, 0.25) is 0 Å². The SMILES string of the molecule is NC(=O)c1cn(CC(CCCOc2ccc3ccccc3c2)OCc2ccccc2)cn1. The number of benzene rings is 3. The lowest BCUT2D eigenvalue weighted by Gasteiger charge is -2.19. The zero-order valence-corrected chi connectivity index (χ0v) is 17.9. The Hall–Kier alpha value is -3.64. The summed E-state index contributed by atoms with van der Waals surface area (Å²) in [5.41, 5.74) is 6.69. The largest absolute Gasteiger partial charge is 0.494 e. The summed E-state index contributed by atoms with van der Waals surface area (Å²) in [6, 6.07) is 24.5. The van der Waals surface area contributed by atoms with Crippen LogP contribution in [0.25, 0.3) is 10.8 Å². The number of nitrogens with two attached hydrogens (primary N) is 1. The molecule has 0 bridgehead atoms. The maximum atomic E-state index is 11.3. The van der Waals surface area contributed by atoms with Crippen molar-refractivity contribution in [2.75, 3.05) is 6.61 Å². The molecule has 4 rings (SSSR count). The summed E-state index contributed by atoms with van der Waals surface area (Å²) in [5, 5.41) is 2.37. The lowest BCUT2D eigenvalue weighted by atomic mass is 10.1. The molecule has 1 atom stereocenters. The molecule has 0 radical (unpaired) electrons. The van der Waals surface area contributed by atoms with E-state index in [1.165, 1.54) is 10.8 Å². The minimum absolute atomic E-state index is 0.0506. The molecule has 0 aliphatic carbocycles. The van der Waals surface area contributed by atoms with Crippen LogP contribution in [0, 0.1) is 0 Å². The van der Waals surface area contributed by atoms with Crippen molar-refractivity contribution in [1.82, 2.24) is 9.55 Å². The highest BCUT2D eigenvalue weighted by Gasteiger charge is 2.13. The van der Waals surface area contributed by atoms with Crippen molar-refractivity contribution >= 4 is 16.7 Å². The van der Waals surface area contributed by atoms with Gasteiger partial charge in [0.05, 0.1) is 25.6 Å². The van der Waals surface area contributed by atoms with Crippen molar-refractivity contribution in [1.29, 1.82) is 0 Å². The van der Waals surface area contributed by atoms with Gasteiger partial charge in [-0.1, -0.05) is 60.7 Å². The number of primary amides is 1. The van der Waals surface area contributed by atoms with E-state index in [1.807, 2.05) is 53.1 Å². The van der Waals surface area contributed by atoms with Gasteiger partial charge >= 0.3 is 0 Å². The number of carbonyl (C=O) groups excluding carboxylic acids is 1. The molecule has 1 amide bonds. The Morgan fingerprint density at radius 1 is 1.00 bits per heavy atom. The lowest BCUT2D eigenvalue weighted by molar-refractivity contribution is 0.0203. The van der Waals surface area contributed by atoms with Gasteiger partial charge in [0.1, 0.15) is 11.4 Å². The van der Waals surface area contributed by atoms with Gasteiger partial charge in [0.2, 0.25) is 0 Å². The number of hydrogen-bond acceptors (Lipinski definition) is 4. The standard InChI is InChI=1S/C26H27N3O3/c27-26(30)25-17-29(19-28-25)16-24(32-18-20-7-2-1-3-8-20)11-6-14-31-23-13-12-21-9-4-5-10-22(21)15-23/h1-5,7-10,12-13,15,17,19,24H,6,11,14,16,18H2,(H2,27,30). The molecule has 1 heterocycles. The fraction of sp³-hybridized carbons (Fsp3) is 0.231. The van der Waals surface area contributed by atoms with Crippen LogP contribution in [-0.2, 0) is 17.9 Å². The maximum Gasteiger partial charge on any atom is 0.268 e. The topological polar surface area (TPSA) is 79.4 Å². The maximum absolute atomic E-state index is 11.3. The van der Waals surface area contributed by atoms with Gasteiger partial charge in [0.25, 0.3) is 5.91 Å². The first-order valence-electron chi connectivity index (χ1n) is 10.8. The molecule has 0 fully saturated rings. The van der Waals surface area contributed by atoms with E-state index in [-0.39, 0.29) is 11.8 Å². The molecule has 0 spiro atoms. The molecular weight excluding hydrogens is 402 g/mol. The second-order valence-electron chi connectivity index (χ2n) is 7.74. The number of nitrogens with zero attached hydrogens (tertiary/aromatic N) is 2. The predicted molar refractivity (Wildman–Crippen MR) is 124 cm³/mol. The van der Waals surface area contributed by atoms with E-state index in [9.17, 15) is 4.79 Å². The molecule has 1 aromatic heterocycles. The normalized spacial score (nSPS) is 12.0. The molecule has 0 saturated carbocycles. The Bertz CT molecular complexity index is 1160. The van der Waals surface area contributed by atoms with Crippen LogP contribution in [0.15, 0.2) is 85.3 Å². The molecule has 3 aromatic carbocycles. The zero-order chi connectivity index (χ0) is 22.2. The number of amides is 1. The van der Waals surface area contributed by atoms with Crippen molar-refractivity contribution in [2.24, 2.45) is 5.73 Å². The quantitative estimate of drug-likeness (QED) is 0.354. The number of aromatic nitrogens is 2. The van der Waals surface area contributed by atoms with Gasteiger partial charge in [0.15, 0.2) is 0 Å². The number of hydrogen-bond donors (Lipinski definition) is 1. The Morgan fingerprint density at radius 3 is 2.56 bits per heavy atom. The first kappa shape index (κ1) is 21.6. The van der Waals surface area contributed by atoms with Gasteiger partial charge in [-0.3, -0.25) is 4.79 Å². The van der Waals surface area contributed by atoms with Crippen LogP contribution >= 0.6 is 0 Å². The third kappa shape index (κ3) is 5.95. The number of carbonyl (C=O) groups is 1. The van der Waals surface area contributed by atoms with E-state index < -0.39 is 5.91 Å². The van der Waals surface area contributed by atoms with Gasteiger partial charge in [0, 0.05) is 12.7 Å². The van der Waals surface area contributed by atoms with Gasteiger partial charge in [-0.15, -0.1) is 0 Å². The minimum atomic E-state index is -0.533. The number of ether oxygens (including phenoxy) is 2. The van der Waals surface area contributed by atoms with E-state index in [4.69, 9.17) is 15.2 Å². The molecule has 6 nitrogen and oxygen atoms in total. The number of imidazole rings is 1. The average Bonchev–Trinajstić information content (AvgIpc) is 3.29. The molecule has 0 aliphatic heterocycles. The highest BCUT2D eigenvalue weighted by Crippen LogP contribution is 2.21. The highest BCUT2D eigenvalue weighted by molar-refractivity contribution is 5.90. The van der Waals surface area contributed by atoms with Gasteiger partial charge in [-0.2, -0.15) is 0 Å². The zero-order valence-electron chi connectivity index (χ0n) is 17.9. The molecule has 0 saturated heterocycles. The third-order valence-corrected chi connectivity index (χ3v) is 5.29. The Balaban J connectivity index is 1.33. The van der Waals surface area contributed by atoms with E-state index in [0.29, 0.717) is 19.8 Å². The van der Waals surface area contributed by atoms with Crippen molar-refractivity contribution in [2.45, 2.75) is 32.1 Å². The summed E-state index contributed by atoms with van der Waals surface area (Å²) >= 11 is 0. The molecule has 6 heteroatoms. The summed E-state index contributed by atoms with van der Waals surface area (Å²) in [7, 11) is 0. The number of rotatable bonds is 11. The highest BCUT2D eigenvalue weighted by atomic mass is 16.5. The first-order chi connectivity index (χ1) is 15.7. The van der Waals surface area contributed by atoms with Crippen LogP contribution in [0.3, 0.4) is 0 Å². The van der Waals surface area contributed by atoms with Gasteiger partial charge in [-0.25, -0.2) is 4.98 Å². The van der Waals surface area contributed by atoms with Gasteiger partial charge < -0.3 is 19.8 Å². The Kier molecular flexibility index (Phi) is 7.15. The second kappa shape index (κ2) is 10.6. The number of fused-ring (bicyclic) bond motifs is 1. The van der Waals surface area contributed by atoms with Crippen molar-refractivity contribution in [3.05, 3.63) is 96.6 Å². The molecule has 1 unspecified atom stereocenters. The Morgan fingerprint density at radius 2 is 1.78 bits per heavy atom. The van der Waals surface area contributed by atoms with E-state index in [1.54, 1.807) is 12.5 Å². The summed E-state index contributed by atoms with van der Waals surface area (Å²) < 4.78 is 14.0. The molecule has 0 aliphatic rings. The van der Waals surface area contributed by atoms with E-state index >= 15 is 0 Å². The molecule has 4 aromatic rings. The lowest BCUT2D eigenvalue weighted by Crippen LogP contribution is -2.21. The van der Waals surface area contributed by atoms with Crippen LogP contribution in [0.5, 0.6) is 5.75 Å². The fourth-order valence-corrected chi connectivity index (χ4v) is 3.60. The van der Waals surface area contributed by atoms with Crippen molar-refractivity contribution in [3.8, 4) is 5.75 Å². The Labute approximate surface area is 187 Å². The smallest absolute Gasteiger partial charge is 0.268 e. The van der Waals surface area contributed by atoms with Crippen LogP contribution in [-0.4, -0.2) is 28.2 Å². The van der Waals surface area contributed by atoms with E-state index in [2.05, 4.69) is 29.2 Å². The first-order valence-corrected chi connectivity index (χ1v) is 10.8. The molecule has 2 N–H and O–H groups in total. The summed E-state index contributed by atoms with van der Waals surface area (Å²) in [6.45, 7) is 1.71. The van der Waals surface area contributed by atoms with Crippen LogP contribution in [0.4, 0.5) is 0 Å². The predicted octanol–water partition coefficient (Wildman–Crippen LogP) is 4.58. The molecular formula is C26H27N3O3. The van der Waals surface area contributed by atoms with Gasteiger partial charge in [-0.05, 0) is 41.3 Å². The van der Waals surface area contributed by atoms with E-state index in [0.717, 1.165) is 24.2 Å². The second-order valence-corrected chi connectivity index (χ2v) is 7.74. The van der Waals surface area contributed by atoms with Crippen molar-refractivity contribution < 1.29 is 14.3 Å².